The molecule has 0 bridgehead atoms. The first-order valence-corrected chi connectivity index (χ1v) is 5.00. The van der Waals surface area contributed by atoms with Crippen molar-refractivity contribution in [1.29, 1.82) is 0 Å². The number of hydrogen-bond donors (Lipinski definition) is 0. The predicted molar refractivity (Wildman–Crippen MR) is 52.5 cm³/mol. The molecule has 0 saturated carbocycles. The molecule has 1 unspecified atom stereocenters. The molecule has 76 valence electrons. The van der Waals surface area contributed by atoms with Crippen LogP contribution in [0.1, 0.15) is 19.3 Å². The molecule has 0 aliphatic carbocycles. The number of hydrogen-bond acceptors (Lipinski definition) is 2. The van der Waals surface area contributed by atoms with Crippen LogP contribution in [0.2, 0.25) is 0 Å². The molecule has 1 aliphatic heterocycles. The largest absolute Gasteiger partial charge is 0.403 e. The molecule has 3 heteroatoms. The van der Waals surface area contributed by atoms with Gasteiger partial charge in [0.1, 0.15) is 5.75 Å². The van der Waals surface area contributed by atoms with Crippen molar-refractivity contribution in [3.8, 4) is 5.75 Å². The van der Waals surface area contributed by atoms with Crippen molar-refractivity contribution < 1.29 is 9.23 Å². The summed E-state index contributed by atoms with van der Waals surface area (Å²) in [6.07, 6.45) is 1.58. The summed E-state index contributed by atoms with van der Waals surface area (Å²) in [4.78, 5) is 5.43. The summed E-state index contributed by atoms with van der Waals surface area (Å²) >= 11 is 0. The summed E-state index contributed by atoms with van der Waals surface area (Å²) in [5, 5.41) is 1.43. The highest BCUT2D eigenvalue weighted by Crippen LogP contribution is 2.20. The van der Waals surface area contributed by atoms with E-state index in [1.54, 1.807) is 0 Å². The van der Waals surface area contributed by atoms with Crippen molar-refractivity contribution in [3.05, 3.63) is 30.3 Å². The Hall–Kier alpha value is -1.09. The lowest BCUT2D eigenvalue weighted by Crippen LogP contribution is -2.39. The highest BCUT2D eigenvalue weighted by molar-refractivity contribution is 5.20. The second-order valence-corrected chi connectivity index (χ2v) is 3.48. The molecular weight excluding hydrogens is 181 g/mol. The average molecular weight is 195 g/mol. The molecule has 1 atom stereocenters. The Morgan fingerprint density at radius 3 is 2.71 bits per heavy atom. The van der Waals surface area contributed by atoms with E-state index in [1.807, 2.05) is 30.3 Å². The lowest BCUT2D eigenvalue weighted by Gasteiger charge is -2.29. The molecule has 1 saturated heterocycles. The molecule has 1 aromatic rings. The topological polar surface area (TPSA) is 12.5 Å². The van der Waals surface area contributed by atoms with E-state index in [9.17, 15) is 4.39 Å². The Morgan fingerprint density at radius 2 is 2.00 bits per heavy atom. The first-order chi connectivity index (χ1) is 6.86. The van der Waals surface area contributed by atoms with Gasteiger partial charge in [-0.3, -0.25) is 0 Å². The minimum Gasteiger partial charge on any atom is -0.403 e. The summed E-state index contributed by atoms with van der Waals surface area (Å²) in [6, 6.07) is 9.34. The van der Waals surface area contributed by atoms with Crippen LogP contribution in [-0.2, 0) is 0 Å². The van der Waals surface area contributed by atoms with E-state index in [4.69, 9.17) is 4.84 Å². The van der Waals surface area contributed by atoms with Gasteiger partial charge in [0, 0.05) is 6.54 Å². The number of rotatable bonds is 2. The van der Waals surface area contributed by atoms with E-state index in [0.717, 1.165) is 12.8 Å². The van der Waals surface area contributed by atoms with Crippen molar-refractivity contribution in [2.45, 2.75) is 25.6 Å². The highest BCUT2D eigenvalue weighted by Gasteiger charge is 2.23. The zero-order valence-electron chi connectivity index (χ0n) is 8.03. The smallest absolute Gasteiger partial charge is 0.185 e. The van der Waals surface area contributed by atoms with Crippen LogP contribution in [0.15, 0.2) is 30.3 Å². The normalized spacial score (nSPS) is 23.4. The van der Waals surface area contributed by atoms with Crippen LogP contribution >= 0.6 is 0 Å². The third-order valence-electron chi connectivity index (χ3n) is 2.35. The van der Waals surface area contributed by atoms with E-state index in [0.29, 0.717) is 18.7 Å². The number of hydroxylamine groups is 2. The van der Waals surface area contributed by atoms with Gasteiger partial charge in [-0.1, -0.05) is 18.2 Å². The van der Waals surface area contributed by atoms with Crippen LogP contribution in [0.5, 0.6) is 5.75 Å². The monoisotopic (exact) mass is 195 g/mol. The molecule has 0 spiro atoms. The molecule has 1 aliphatic rings. The molecule has 2 nitrogen and oxygen atoms in total. The third-order valence-corrected chi connectivity index (χ3v) is 2.35. The number of benzene rings is 1. The molecule has 14 heavy (non-hydrogen) atoms. The van der Waals surface area contributed by atoms with Gasteiger partial charge in [0.25, 0.3) is 0 Å². The SMILES string of the molecule is FC1CCCCN1Oc1ccccc1. The van der Waals surface area contributed by atoms with Gasteiger partial charge < -0.3 is 4.84 Å². The Kier molecular flexibility index (Phi) is 2.99. The zero-order valence-corrected chi connectivity index (χ0v) is 8.03. The highest BCUT2D eigenvalue weighted by atomic mass is 19.1. The Morgan fingerprint density at radius 1 is 1.21 bits per heavy atom. The minimum atomic E-state index is -0.955. The second kappa shape index (κ2) is 4.42. The number of halogens is 1. The van der Waals surface area contributed by atoms with Gasteiger partial charge in [0.2, 0.25) is 0 Å². The van der Waals surface area contributed by atoms with Crippen molar-refractivity contribution in [2.24, 2.45) is 0 Å². The van der Waals surface area contributed by atoms with Gasteiger partial charge in [-0.15, -0.1) is 5.06 Å². The van der Waals surface area contributed by atoms with Gasteiger partial charge in [-0.2, -0.15) is 0 Å². The predicted octanol–water partition coefficient (Wildman–Crippen LogP) is 2.76. The molecule has 1 fully saturated rings. The quantitative estimate of drug-likeness (QED) is 0.673. The van der Waals surface area contributed by atoms with Crippen molar-refractivity contribution in [1.82, 2.24) is 5.06 Å². The van der Waals surface area contributed by atoms with Crippen molar-refractivity contribution >= 4 is 0 Å². The summed E-state index contributed by atoms with van der Waals surface area (Å²) in [7, 11) is 0. The number of alkyl halides is 1. The molecular formula is C11H14FNO. The molecule has 2 rings (SSSR count). The van der Waals surface area contributed by atoms with E-state index in [2.05, 4.69) is 0 Å². The van der Waals surface area contributed by atoms with Gasteiger partial charge >= 0.3 is 0 Å². The molecule has 1 heterocycles. The van der Waals surface area contributed by atoms with Crippen LogP contribution in [0, 0.1) is 0 Å². The minimum absolute atomic E-state index is 0.576. The van der Waals surface area contributed by atoms with Gasteiger partial charge in [-0.05, 0) is 31.4 Å². The Balaban J connectivity index is 1.96. The fraction of sp³-hybridized carbons (Fsp3) is 0.455. The maximum atomic E-state index is 13.3. The van der Waals surface area contributed by atoms with E-state index < -0.39 is 6.30 Å². The van der Waals surface area contributed by atoms with E-state index in [1.165, 1.54) is 5.06 Å². The molecule has 0 amide bonds. The maximum Gasteiger partial charge on any atom is 0.185 e. The fourth-order valence-corrected chi connectivity index (χ4v) is 1.58. The fourth-order valence-electron chi connectivity index (χ4n) is 1.58. The Bertz CT molecular complexity index is 278. The van der Waals surface area contributed by atoms with Gasteiger partial charge in [-0.25, -0.2) is 4.39 Å². The molecule has 1 aromatic carbocycles. The van der Waals surface area contributed by atoms with Gasteiger partial charge in [0.05, 0.1) is 0 Å². The zero-order chi connectivity index (χ0) is 9.80. The first-order valence-electron chi connectivity index (χ1n) is 5.00. The standard InChI is InChI=1S/C11H14FNO/c12-11-8-4-5-9-13(11)14-10-6-2-1-3-7-10/h1-3,6-7,11H,4-5,8-9H2. The third kappa shape index (κ3) is 2.23. The average Bonchev–Trinajstić information content (AvgIpc) is 2.23. The lowest BCUT2D eigenvalue weighted by atomic mass is 10.1. The Labute approximate surface area is 83.2 Å². The molecule has 0 N–H and O–H groups in total. The van der Waals surface area contributed by atoms with Crippen LogP contribution in [0.25, 0.3) is 0 Å². The lowest BCUT2D eigenvalue weighted by molar-refractivity contribution is -0.155. The second-order valence-electron chi connectivity index (χ2n) is 3.48. The summed E-state index contributed by atoms with van der Waals surface area (Å²) in [5.41, 5.74) is 0. The van der Waals surface area contributed by atoms with E-state index in [-0.39, 0.29) is 0 Å². The van der Waals surface area contributed by atoms with Crippen LogP contribution in [-0.4, -0.2) is 17.9 Å². The van der Waals surface area contributed by atoms with Crippen LogP contribution < -0.4 is 4.84 Å². The summed E-state index contributed by atoms with van der Waals surface area (Å²) in [5.74, 6) is 0.706. The van der Waals surface area contributed by atoms with Crippen molar-refractivity contribution in [2.75, 3.05) is 6.54 Å². The van der Waals surface area contributed by atoms with Crippen LogP contribution in [0.3, 0.4) is 0 Å². The summed E-state index contributed by atoms with van der Waals surface area (Å²) < 4.78 is 13.3. The molecule has 0 radical (unpaired) electrons. The number of para-hydroxylation sites is 1. The van der Waals surface area contributed by atoms with Gasteiger partial charge in [0.15, 0.2) is 6.30 Å². The maximum absolute atomic E-state index is 13.3. The van der Waals surface area contributed by atoms with Crippen molar-refractivity contribution in [3.63, 3.8) is 0 Å². The summed E-state index contributed by atoms with van der Waals surface area (Å²) in [6.45, 7) is 0.677. The van der Waals surface area contributed by atoms with Crippen LogP contribution in [0.4, 0.5) is 4.39 Å². The van der Waals surface area contributed by atoms with E-state index >= 15 is 0 Å². The molecule has 0 aromatic heterocycles. The first kappa shape index (κ1) is 9.46. The number of piperidine rings is 1. The number of nitrogens with zero attached hydrogens (tertiary/aromatic N) is 1.